The third kappa shape index (κ3) is 2.03. The molecule has 0 radical (unpaired) electrons. The molecular formula is C20H17ClN2O. The number of fused-ring (bicyclic) bond motifs is 1. The first-order valence-corrected chi connectivity index (χ1v) is 8.48. The van der Waals surface area contributed by atoms with Gasteiger partial charge in [-0.05, 0) is 43.0 Å². The minimum absolute atomic E-state index is 0.142. The van der Waals surface area contributed by atoms with E-state index in [4.69, 9.17) is 18.0 Å². The molecular weight excluding hydrogens is 320 g/mol. The van der Waals surface area contributed by atoms with Crippen LogP contribution in [-0.2, 0) is 5.54 Å². The monoisotopic (exact) mass is 336 g/mol. The Balaban J connectivity index is 2.02. The molecule has 1 aliphatic carbocycles. The number of rotatable bonds is 2. The zero-order chi connectivity index (χ0) is 16.7. The zero-order valence-electron chi connectivity index (χ0n) is 13.1. The Kier molecular flexibility index (Phi) is 3.51. The summed E-state index contributed by atoms with van der Waals surface area (Å²) in [4.78, 5) is 14.7. The molecule has 4 heteroatoms. The molecule has 120 valence electrons. The normalized spacial score (nSPS) is 23.0. The highest BCUT2D eigenvalue weighted by atomic mass is 35.5. The van der Waals surface area contributed by atoms with Crippen LogP contribution in [0.4, 0.5) is 10.5 Å². The van der Waals surface area contributed by atoms with E-state index >= 15 is 0 Å². The predicted molar refractivity (Wildman–Crippen MR) is 96.0 cm³/mol. The van der Waals surface area contributed by atoms with Gasteiger partial charge in [0.1, 0.15) is 0 Å². The molecule has 1 aliphatic heterocycles. The smallest absolute Gasteiger partial charge is 0.307 e. The average Bonchev–Trinajstić information content (AvgIpc) is 2.56. The molecule has 1 saturated carbocycles. The number of nitrogens with zero attached hydrogens (tertiary/aromatic N) is 1. The highest BCUT2D eigenvalue weighted by Crippen LogP contribution is 2.47. The quantitative estimate of drug-likeness (QED) is 0.797. The molecule has 1 fully saturated rings. The van der Waals surface area contributed by atoms with E-state index in [-0.39, 0.29) is 12.1 Å². The summed E-state index contributed by atoms with van der Waals surface area (Å²) in [5.41, 5.74) is 1.56. The van der Waals surface area contributed by atoms with E-state index in [1.165, 1.54) is 0 Å². The van der Waals surface area contributed by atoms with Gasteiger partial charge in [-0.3, -0.25) is 4.90 Å². The van der Waals surface area contributed by atoms with E-state index in [9.17, 15) is 4.79 Å². The lowest BCUT2D eigenvalue weighted by Gasteiger charge is -2.51. The van der Waals surface area contributed by atoms with Crippen LogP contribution in [0.2, 0.25) is 5.02 Å². The molecule has 2 aromatic rings. The van der Waals surface area contributed by atoms with E-state index in [1.54, 1.807) is 6.07 Å². The Morgan fingerprint density at radius 3 is 2.58 bits per heavy atom. The minimum atomic E-state index is -0.936. The first kappa shape index (κ1) is 15.1. The molecule has 1 unspecified atom stereocenters. The largest absolute Gasteiger partial charge is 0.323 e. The van der Waals surface area contributed by atoms with Gasteiger partial charge in [0.05, 0.1) is 0 Å². The van der Waals surface area contributed by atoms with Crippen LogP contribution in [-0.4, -0.2) is 17.0 Å². The SMILES string of the molecule is C#CC1(c2ccccc2)c2cc(Cl)ccc2NC(=O)N1C1CCC1. The zero-order valence-corrected chi connectivity index (χ0v) is 13.9. The van der Waals surface area contributed by atoms with Gasteiger partial charge in [-0.15, -0.1) is 6.42 Å². The lowest BCUT2D eigenvalue weighted by atomic mass is 9.76. The molecule has 0 bridgehead atoms. The molecule has 3 nitrogen and oxygen atoms in total. The summed E-state index contributed by atoms with van der Waals surface area (Å²) in [5, 5.41) is 3.58. The van der Waals surface area contributed by atoms with Crippen molar-refractivity contribution in [1.82, 2.24) is 4.90 Å². The number of urea groups is 1. The van der Waals surface area contributed by atoms with Gasteiger partial charge >= 0.3 is 6.03 Å². The number of amides is 2. The van der Waals surface area contributed by atoms with E-state index in [1.807, 2.05) is 47.4 Å². The van der Waals surface area contributed by atoms with Gasteiger partial charge in [0, 0.05) is 22.3 Å². The van der Waals surface area contributed by atoms with Gasteiger partial charge in [0.15, 0.2) is 5.54 Å². The van der Waals surface area contributed by atoms with Crippen molar-refractivity contribution < 1.29 is 4.79 Å². The van der Waals surface area contributed by atoms with Crippen molar-refractivity contribution in [3.8, 4) is 12.3 Å². The Morgan fingerprint density at radius 2 is 1.96 bits per heavy atom. The number of hydrogen-bond donors (Lipinski definition) is 1. The number of hydrogen-bond acceptors (Lipinski definition) is 1. The fourth-order valence-corrected chi connectivity index (χ4v) is 3.84. The average molecular weight is 337 g/mol. The number of terminal acetylenes is 1. The van der Waals surface area contributed by atoms with Crippen molar-refractivity contribution in [2.75, 3.05) is 5.32 Å². The van der Waals surface area contributed by atoms with Gasteiger partial charge in [0.2, 0.25) is 0 Å². The van der Waals surface area contributed by atoms with Crippen molar-refractivity contribution in [1.29, 1.82) is 0 Å². The molecule has 2 aromatic carbocycles. The Labute approximate surface area is 146 Å². The van der Waals surface area contributed by atoms with Crippen molar-refractivity contribution in [3.63, 3.8) is 0 Å². The number of carbonyl (C=O) groups is 1. The topological polar surface area (TPSA) is 32.3 Å². The standard InChI is InChI=1S/C20H17ClN2O/c1-2-20(14-7-4-3-5-8-14)17-13-15(21)11-12-18(17)22-19(24)23(20)16-9-6-10-16/h1,3-5,7-8,11-13,16H,6,9-10H2,(H,22,24). The molecule has 4 rings (SSSR count). The van der Waals surface area contributed by atoms with Crippen molar-refractivity contribution in [2.24, 2.45) is 0 Å². The second-order valence-electron chi connectivity index (χ2n) is 6.30. The molecule has 2 amide bonds. The maximum atomic E-state index is 12.9. The lowest BCUT2D eigenvalue weighted by molar-refractivity contribution is 0.0959. The van der Waals surface area contributed by atoms with Gasteiger partial charge in [-0.2, -0.15) is 0 Å². The molecule has 0 saturated heterocycles. The van der Waals surface area contributed by atoms with Crippen molar-refractivity contribution >= 4 is 23.3 Å². The second-order valence-corrected chi connectivity index (χ2v) is 6.73. The molecule has 24 heavy (non-hydrogen) atoms. The fraction of sp³-hybridized carbons (Fsp3) is 0.250. The molecule has 1 heterocycles. The van der Waals surface area contributed by atoms with Crippen LogP contribution in [0.25, 0.3) is 0 Å². The van der Waals surface area contributed by atoms with Crippen LogP contribution < -0.4 is 5.32 Å². The maximum Gasteiger partial charge on any atom is 0.323 e. The van der Waals surface area contributed by atoms with Crippen LogP contribution >= 0.6 is 11.6 Å². The van der Waals surface area contributed by atoms with E-state index in [2.05, 4.69) is 11.2 Å². The predicted octanol–water partition coefficient (Wildman–Crippen LogP) is 4.62. The number of benzene rings is 2. The summed E-state index contributed by atoms with van der Waals surface area (Å²) in [6.07, 6.45) is 9.15. The van der Waals surface area contributed by atoms with Crippen LogP contribution in [0.15, 0.2) is 48.5 Å². The highest BCUT2D eigenvalue weighted by molar-refractivity contribution is 6.30. The Hall–Kier alpha value is -2.44. The summed E-state index contributed by atoms with van der Waals surface area (Å²) in [6.45, 7) is 0. The molecule has 0 aromatic heterocycles. The van der Waals surface area contributed by atoms with Crippen LogP contribution in [0.1, 0.15) is 30.4 Å². The number of carbonyl (C=O) groups excluding carboxylic acids is 1. The molecule has 1 atom stereocenters. The van der Waals surface area contributed by atoms with E-state index in [0.717, 1.165) is 36.1 Å². The summed E-state index contributed by atoms with van der Waals surface area (Å²) in [6, 6.07) is 15.3. The minimum Gasteiger partial charge on any atom is -0.307 e. The number of anilines is 1. The first-order valence-electron chi connectivity index (χ1n) is 8.10. The van der Waals surface area contributed by atoms with Crippen LogP contribution in [0.5, 0.6) is 0 Å². The lowest BCUT2D eigenvalue weighted by Crippen LogP contribution is -2.60. The number of halogens is 1. The van der Waals surface area contributed by atoms with E-state index in [0.29, 0.717) is 5.02 Å². The maximum absolute atomic E-state index is 12.9. The van der Waals surface area contributed by atoms with Gasteiger partial charge in [-0.25, -0.2) is 4.79 Å². The number of nitrogens with one attached hydrogen (secondary N) is 1. The van der Waals surface area contributed by atoms with Gasteiger partial charge < -0.3 is 5.32 Å². The molecule has 0 spiro atoms. The molecule has 2 aliphatic rings. The second kappa shape index (κ2) is 5.58. The summed E-state index contributed by atoms with van der Waals surface area (Å²) in [7, 11) is 0. The third-order valence-electron chi connectivity index (χ3n) is 5.03. The summed E-state index contributed by atoms with van der Waals surface area (Å²) in [5.74, 6) is 2.95. The highest BCUT2D eigenvalue weighted by Gasteiger charge is 2.50. The Morgan fingerprint density at radius 1 is 1.21 bits per heavy atom. The third-order valence-corrected chi connectivity index (χ3v) is 5.27. The van der Waals surface area contributed by atoms with E-state index < -0.39 is 5.54 Å². The summed E-state index contributed by atoms with van der Waals surface area (Å²) >= 11 is 6.26. The fourth-order valence-electron chi connectivity index (χ4n) is 3.67. The molecule has 1 N–H and O–H groups in total. The Bertz CT molecular complexity index is 838. The van der Waals surface area contributed by atoms with Gasteiger partial charge in [0.25, 0.3) is 0 Å². The van der Waals surface area contributed by atoms with Crippen LogP contribution in [0, 0.1) is 12.3 Å². The van der Waals surface area contributed by atoms with Crippen LogP contribution in [0.3, 0.4) is 0 Å². The van der Waals surface area contributed by atoms with Crippen molar-refractivity contribution in [2.45, 2.75) is 30.8 Å². The summed E-state index contributed by atoms with van der Waals surface area (Å²) < 4.78 is 0. The van der Waals surface area contributed by atoms with Crippen molar-refractivity contribution in [3.05, 3.63) is 64.7 Å². The van der Waals surface area contributed by atoms with Gasteiger partial charge in [-0.1, -0.05) is 47.9 Å². The first-order chi connectivity index (χ1) is 11.7.